The third kappa shape index (κ3) is 20.8. The zero-order valence-electron chi connectivity index (χ0n) is 19.3. The lowest BCUT2D eigenvalue weighted by Gasteiger charge is -2.09. The molecule has 0 fully saturated rings. The molecule has 0 radical (unpaired) electrons. The van der Waals surface area contributed by atoms with Crippen molar-refractivity contribution in [3.05, 3.63) is 35.4 Å². The van der Waals surface area contributed by atoms with Crippen LogP contribution in [-0.2, 0) is 19.0 Å². The van der Waals surface area contributed by atoms with Crippen LogP contribution in [0.1, 0.15) is 38.8 Å². The molecular formula is C24H40N2O4. The van der Waals surface area contributed by atoms with E-state index in [-0.39, 0.29) is 0 Å². The fourth-order valence-electron chi connectivity index (χ4n) is 2.02. The van der Waals surface area contributed by atoms with Crippen LogP contribution in [0, 0.1) is 24.7 Å². The van der Waals surface area contributed by atoms with Crippen molar-refractivity contribution in [3.8, 4) is 11.8 Å². The van der Waals surface area contributed by atoms with Gasteiger partial charge < -0.3 is 24.8 Å². The average Bonchev–Trinajstić information content (AvgIpc) is 2.71. The quantitative estimate of drug-likeness (QED) is 0.275. The molecule has 6 heteroatoms. The van der Waals surface area contributed by atoms with Crippen LogP contribution in [0.2, 0.25) is 0 Å². The monoisotopic (exact) mass is 420 g/mol. The molecule has 0 saturated heterocycles. The number of amides is 1. The molecule has 0 aliphatic carbocycles. The average molecular weight is 421 g/mol. The number of aryl methyl sites for hydroxylation is 1. The molecule has 0 atom stereocenters. The molecule has 1 aromatic carbocycles. The Labute approximate surface area is 183 Å². The summed E-state index contributed by atoms with van der Waals surface area (Å²) in [5.41, 5.74) is 2.39. The smallest absolute Gasteiger partial charge is 0.207 e. The number of hydrogen-bond acceptors (Lipinski definition) is 5. The molecule has 1 rings (SSSR count). The Bertz CT molecular complexity index is 577. The van der Waals surface area contributed by atoms with Gasteiger partial charge >= 0.3 is 0 Å². The summed E-state index contributed by atoms with van der Waals surface area (Å²) in [6.07, 6.45) is 0.658. The molecule has 0 aliphatic heterocycles. The second-order valence-corrected chi connectivity index (χ2v) is 7.31. The van der Waals surface area contributed by atoms with Gasteiger partial charge in [0, 0.05) is 30.6 Å². The summed E-state index contributed by atoms with van der Waals surface area (Å²) in [5.74, 6) is 6.70. The second kappa shape index (κ2) is 20.4. The number of nitrogens with one attached hydrogen (secondary N) is 2. The van der Waals surface area contributed by atoms with Crippen molar-refractivity contribution in [3.63, 3.8) is 0 Å². The first-order valence-corrected chi connectivity index (χ1v) is 10.7. The predicted octanol–water partition coefficient (Wildman–Crippen LogP) is 2.78. The van der Waals surface area contributed by atoms with Crippen LogP contribution in [0.5, 0.6) is 0 Å². The van der Waals surface area contributed by atoms with Gasteiger partial charge in [-0.15, -0.1) is 0 Å². The van der Waals surface area contributed by atoms with Crippen molar-refractivity contribution in [1.29, 1.82) is 0 Å². The fourth-order valence-corrected chi connectivity index (χ4v) is 2.02. The predicted molar refractivity (Wildman–Crippen MR) is 123 cm³/mol. The first kappa shape index (κ1) is 28.1. The standard InChI is InChI=1S/C12H26N2O4.C12H14/c1-12(2)14-4-6-17-8-10-18-9-7-16-5-3-13-11-15;1-10(2)4-7-12-8-5-11(3)6-9-12/h11-12,14H,3-10H2,1-2H3,(H,13,15);5-6,8-10H,1-3H3. The molecule has 1 amide bonds. The summed E-state index contributed by atoms with van der Waals surface area (Å²) < 4.78 is 15.9. The normalized spacial score (nSPS) is 10.2. The maximum absolute atomic E-state index is 9.91. The second-order valence-electron chi connectivity index (χ2n) is 7.31. The van der Waals surface area contributed by atoms with E-state index in [9.17, 15) is 4.79 Å². The van der Waals surface area contributed by atoms with E-state index in [1.807, 2.05) is 0 Å². The van der Waals surface area contributed by atoms with E-state index in [0.717, 1.165) is 12.1 Å². The minimum Gasteiger partial charge on any atom is -0.378 e. The molecule has 30 heavy (non-hydrogen) atoms. The van der Waals surface area contributed by atoms with E-state index >= 15 is 0 Å². The molecule has 1 aromatic rings. The highest BCUT2D eigenvalue weighted by Gasteiger charge is 1.93. The summed E-state index contributed by atoms with van der Waals surface area (Å²) in [7, 11) is 0. The van der Waals surface area contributed by atoms with Gasteiger partial charge in [0.05, 0.1) is 39.6 Å². The van der Waals surface area contributed by atoms with Crippen LogP contribution < -0.4 is 10.6 Å². The lowest BCUT2D eigenvalue weighted by molar-refractivity contribution is -0.109. The lowest BCUT2D eigenvalue weighted by Crippen LogP contribution is -2.27. The summed E-state index contributed by atoms with van der Waals surface area (Å²) in [4.78, 5) is 9.91. The van der Waals surface area contributed by atoms with Crippen LogP contribution in [-0.4, -0.2) is 65.2 Å². The van der Waals surface area contributed by atoms with E-state index in [2.05, 4.69) is 81.4 Å². The summed E-state index contributed by atoms with van der Waals surface area (Å²) in [6.45, 7) is 15.4. The molecule has 0 heterocycles. The van der Waals surface area contributed by atoms with Crippen molar-refractivity contribution in [1.82, 2.24) is 10.6 Å². The fraction of sp³-hybridized carbons (Fsp3) is 0.625. The van der Waals surface area contributed by atoms with Crippen molar-refractivity contribution < 1.29 is 19.0 Å². The van der Waals surface area contributed by atoms with E-state index in [4.69, 9.17) is 14.2 Å². The molecule has 0 spiro atoms. The Morgan fingerprint density at radius 1 is 0.867 bits per heavy atom. The van der Waals surface area contributed by atoms with Crippen molar-refractivity contribution in [2.45, 2.75) is 40.7 Å². The topological polar surface area (TPSA) is 68.8 Å². The zero-order chi connectivity index (χ0) is 22.5. The van der Waals surface area contributed by atoms with Crippen LogP contribution in [0.15, 0.2) is 24.3 Å². The molecular weight excluding hydrogens is 380 g/mol. The molecule has 0 bridgehead atoms. The molecule has 2 N–H and O–H groups in total. The van der Waals surface area contributed by atoms with E-state index in [0.29, 0.717) is 64.6 Å². The van der Waals surface area contributed by atoms with Crippen molar-refractivity contribution in [2.75, 3.05) is 52.7 Å². The Morgan fingerprint density at radius 3 is 1.90 bits per heavy atom. The van der Waals surface area contributed by atoms with Crippen LogP contribution in [0.4, 0.5) is 0 Å². The highest BCUT2D eigenvalue weighted by Crippen LogP contribution is 2.01. The van der Waals surface area contributed by atoms with Gasteiger partial charge in [-0.25, -0.2) is 0 Å². The van der Waals surface area contributed by atoms with E-state index in [1.165, 1.54) is 5.56 Å². The summed E-state index contributed by atoms with van der Waals surface area (Å²) in [6, 6.07) is 8.79. The first-order chi connectivity index (χ1) is 14.5. The Kier molecular flexibility index (Phi) is 19.1. The van der Waals surface area contributed by atoms with Crippen molar-refractivity contribution >= 4 is 6.41 Å². The Balaban J connectivity index is 0.000000604. The highest BCUT2D eigenvalue weighted by atomic mass is 16.5. The number of hydrogen-bond donors (Lipinski definition) is 2. The van der Waals surface area contributed by atoms with Crippen LogP contribution in [0.25, 0.3) is 0 Å². The number of carbonyl (C=O) groups is 1. The zero-order valence-corrected chi connectivity index (χ0v) is 19.3. The van der Waals surface area contributed by atoms with E-state index in [1.54, 1.807) is 0 Å². The number of carbonyl (C=O) groups excluding carboxylic acids is 1. The third-order valence-electron chi connectivity index (χ3n) is 3.57. The molecule has 170 valence electrons. The first-order valence-electron chi connectivity index (χ1n) is 10.7. The minimum absolute atomic E-state index is 0.450. The Morgan fingerprint density at radius 2 is 1.40 bits per heavy atom. The largest absolute Gasteiger partial charge is 0.378 e. The highest BCUT2D eigenvalue weighted by molar-refractivity contribution is 5.45. The van der Waals surface area contributed by atoms with Crippen LogP contribution >= 0.6 is 0 Å². The van der Waals surface area contributed by atoms with Crippen molar-refractivity contribution in [2.24, 2.45) is 5.92 Å². The third-order valence-corrected chi connectivity index (χ3v) is 3.57. The maximum atomic E-state index is 9.91. The van der Waals surface area contributed by atoms with Gasteiger partial charge in [0.2, 0.25) is 6.41 Å². The molecule has 0 aliphatic rings. The Hall–Kier alpha value is -1.91. The van der Waals surface area contributed by atoms with Gasteiger partial charge in [-0.1, -0.05) is 57.2 Å². The van der Waals surface area contributed by atoms with Gasteiger partial charge in [-0.2, -0.15) is 0 Å². The minimum atomic E-state index is 0.450. The van der Waals surface area contributed by atoms with Gasteiger partial charge in [-0.05, 0) is 19.1 Å². The lowest BCUT2D eigenvalue weighted by atomic mass is 10.1. The molecule has 0 aromatic heterocycles. The van der Waals surface area contributed by atoms with Gasteiger partial charge in [0.1, 0.15) is 0 Å². The summed E-state index contributed by atoms with van der Waals surface area (Å²) >= 11 is 0. The number of rotatable bonds is 14. The maximum Gasteiger partial charge on any atom is 0.207 e. The molecule has 0 unspecified atom stereocenters. The number of ether oxygens (including phenoxy) is 3. The van der Waals surface area contributed by atoms with Crippen LogP contribution in [0.3, 0.4) is 0 Å². The van der Waals surface area contributed by atoms with Gasteiger partial charge in [0.25, 0.3) is 0 Å². The number of benzene rings is 1. The molecule has 6 nitrogen and oxygen atoms in total. The summed E-state index contributed by atoms with van der Waals surface area (Å²) in [5, 5.41) is 5.78. The molecule has 0 saturated carbocycles. The van der Waals surface area contributed by atoms with Gasteiger partial charge in [0.15, 0.2) is 0 Å². The SMILES string of the molecule is CC(C)NCCOCCOCCOCCNC=O.Cc1ccc(C#CC(C)C)cc1. The van der Waals surface area contributed by atoms with Gasteiger partial charge in [-0.3, -0.25) is 4.79 Å². The van der Waals surface area contributed by atoms with E-state index < -0.39 is 0 Å².